The molecule has 1 aromatic rings. The smallest absolute Gasteiger partial charge is 0.129 e. The molecule has 0 saturated heterocycles. The first-order valence-electron chi connectivity index (χ1n) is 7.00. The van der Waals surface area contributed by atoms with Crippen molar-refractivity contribution in [2.24, 2.45) is 0 Å². The van der Waals surface area contributed by atoms with Crippen molar-refractivity contribution in [3.05, 3.63) is 18.1 Å². The summed E-state index contributed by atoms with van der Waals surface area (Å²) in [4.78, 5) is 11.0. The van der Waals surface area contributed by atoms with Gasteiger partial charge in [0.1, 0.15) is 12.1 Å². The molecular weight excluding hydrogens is 224 g/mol. The van der Waals surface area contributed by atoms with Gasteiger partial charge >= 0.3 is 0 Å². The lowest BCUT2D eigenvalue weighted by Crippen LogP contribution is -2.36. The highest BCUT2D eigenvalue weighted by Crippen LogP contribution is 2.39. The lowest BCUT2D eigenvalue weighted by atomic mass is 10.2. The van der Waals surface area contributed by atoms with Crippen molar-refractivity contribution in [3.63, 3.8) is 0 Å². The van der Waals surface area contributed by atoms with Crippen LogP contribution in [-0.2, 0) is 0 Å². The van der Waals surface area contributed by atoms with Crippen LogP contribution in [-0.4, -0.2) is 41.0 Å². The van der Waals surface area contributed by atoms with E-state index in [1.807, 2.05) is 0 Å². The van der Waals surface area contributed by atoms with Crippen molar-refractivity contribution in [2.75, 3.05) is 25.5 Å². The zero-order valence-electron chi connectivity index (χ0n) is 11.7. The maximum Gasteiger partial charge on any atom is 0.129 e. The molecule has 1 atom stereocenters. The maximum absolute atomic E-state index is 4.34. The molecule has 2 rings (SSSR count). The van der Waals surface area contributed by atoms with Crippen LogP contribution in [0.4, 0.5) is 5.82 Å². The molecule has 1 aliphatic rings. The van der Waals surface area contributed by atoms with Gasteiger partial charge in [-0.25, -0.2) is 9.97 Å². The highest BCUT2D eigenvalue weighted by molar-refractivity contribution is 5.36. The minimum atomic E-state index is 0.564. The number of rotatable bonds is 7. The predicted molar refractivity (Wildman–Crippen MR) is 74.9 cm³/mol. The van der Waals surface area contributed by atoms with Crippen LogP contribution in [0.15, 0.2) is 12.4 Å². The van der Waals surface area contributed by atoms with Crippen LogP contribution in [0, 0.1) is 0 Å². The van der Waals surface area contributed by atoms with E-state index in [0.717, 1.165) is 25.3 Å². The second-order valence-electron chi connectivity index (χ2n) is 5.12. The minimum Gasteiger partial charge on any atom is -0.368 e. The number of nitrogens with zero attached hydrogens (tertiary/aromatic N) is 3. The van der Waals surface area contributed by atoms with Gasteiger partial charge in [-0.3, -0.25) is 0 Å². The van der Waals surface area contributed by atoms with Gasteiger partial charge in [-0.1, -0.05) is 13.8 Å². The van der Waals surface area contributed by atoms with Gasteiger partial charge in [0.2, 0.25) is 0 Å². The van der Waals surface area contributed by atoms with E-state index in [2.05, 4.69) is 47.1 Å². The standard InChI is InChI=1S/C14H24N4/c1-4-12(18(3)5-2)9-15-14-8-13(11-6-7-11)16-10-17-14/h8,10-12H,4-7,9H2,1-3H3,(H,15,16,17). The van der Waals surface area contributed by atoms with Gasteiger partial charge in [-0.05, 0) is 32.9 Å². The van der Waals surface area contributed by atoms with E-state index in [1.165, 1.54) is 18.5 Å². The Morgan fingerprint density at radius 2 is 2.17 bits per heavy atom. The number of likely N-dealkylation sites (N-methyl/N-ethyl adjacent to an activating group) is 1. The summed E-state index contributed by atoms with van der Waals surface area (Å²) in [6, 6.07) is 2.67. The molecule has 0 aromatic carbocycles. The Bertz CT molecular complexity index is 376. The molecule has 18 heavy (non-hydrogen) atoms. The van der Waals surface area contributed by atoms with Gasteiger partial charge in [0.15, 0.2) is 0 Å². The SMILES string of the molecule is CCC(CNc1cc(C2CC2)ncn1)N(C)CC. The van der Waals surface area contributed by atoms with E-state index in [4.69, 9.17) is 0 Å². The van der Waals surface area contributed by atoms with Crippen molar-refractivity contribution in [3.8, 4) is 0 Å². The van der Waals surface area contributed by atoms with Crippen LogP contribution >= 0.6 is 0 Å². The van der Waals surface area contributed by atoms with Gasteiger partial charge in [0, 0.05) is 30.3 Å². The van der Waals surface area contributed by atoms with E-state index < -0.39 is 0 Å². The van der Waals surface area contributed by atoms with E-state index >= 15 is 0 Å². The molecule has 1 aromatic heterocycles. The summed E-state index contributed by atoms with van der Waals surface area (Å²) >= 11 is 0. The summed E-state index contributed by atoms with van der Waals surface area (Å²) in [6.45, 7) is 6.45. The maximum atomic E-state index is 4.34. The lowest BCUT2D eigenvalue weighted by molar-refractivity contribution is 0.257. The van der Waals surface area contributed by atoms with Gasteiger partial charge in [-0.15, -0.1) is 0 Å². The molecule has 1 heterocycles. The number of aromatic nitrogens is 2. The lowest BCUT2D eigenvalue weighted by Gasteiger charge is -2.26. The molecule has 0 bridgehead atoms. The molecule has 0 radical (unpaired) electrons. The summed E-state index contributed by atoms with van der Waals surface area (Å²) in [5, 5.41) is 3.44. The number of hydrogen-bond donors (Lipinski definition) is 1. The Morgan fingerprint density at radius 1 is 1.39 bits per heavy atom. The average Bonchev–Trinajstić information content (AvgIpc) is 3.24. The normalized spacial score (nSPS) is 16.9. The van der Waals surface area contributed by atoms with Gasteiger partial charge in [0.05, 0.1) is 0 Å². The average molecular weight is 248 g/mol. The Hall–Kier alpha value is -1.16. The van der Waals surface area contributed by atoms with E-state index in [-0.39, 0.29) is 0 Å². The monoisotopic (exact) mass is 248 g/mol. The quantitative estimate of drug-likeness (QED) is 0.805. The van der Waals surface area contributed by atoms with Gasteiger partial charge < -0.3 is 10.2 Å². The van der Waals surface area contributed by atoms with Crippen molar-refractivity contribution in [1.82, 2.24) is 14.9 Å². The van der Waals surface area contributed by atoms with Gasteiger partial charge in [0.25, 0.3) is 0 Å². The van der Waals surface area contributed by atoms with Crippen molar-refractivity contribution < 1.29 is 0 Å². The summed E-state index contributed by atoms with van der Waals surface area (Å²) in [6.07, 6.45) is 5.40. The minimum absolute atomic E-state index is 0.564. The molecule has 1 N–H and O–H groups in total. The highest BCUT2D eigenvalue weighted by Gasteiger charge is 2.25. The largest absolute Gasteiger partial charge is 0.368 e. The van der Waals surface area contributed by atoms with E-state index in [0.29, 0.717) is 12.0 Å². The Morgan fingerprint density at radius 3 is 2.78 bits per heavy atom. The third kappa shape index (κ3) is 3.42. The number of anilines is 1. The van der Waals surface area contributed by atoms with Crippen molar-refractivity contribution in [2.45, 2.75) is 45.1 Å². The Kier molecular flexibility index (Phi) is 4.53. The van der Waals surface area contributed by atoms with Crippen LogP contribution in [0.3, 0.4) is 0 Å². The molecule has 0 amide bonds. The third-order valence-corrected chi connectivity index (χ3v) is 3.80. The first kappa shape index (κ1) is 13.3. The topological polar surface area (TPSA) is 41.1 Å². The third-order valence-electron chi connectivity index (χ3n) is 3.80. The summed E-state index contributed by atoms with van der Waals surface area (Å²) in [7, 11) is 2.17. The fraction of sp³-hybridized carbons (Fsp3) is 0.714. The molecule has 4 heteroatoms. The second kappa shape index (κ2) is 6.14. The fourth-order valence-corrected chi connectivity index (χ4v) is 2.16. The van der Waals surface area contributed by atoms with Crippen molar-refractivity contribution >= 4 is 5.82 Å². The number of nitrogens with one attached hydrogen (secondary N) is 1. The zero-order valence-corrected chi connectivity index (χ0v) is 11.7. The van der Waals surface area contributed by atoms with Crippen LogP contribution in [0.25, 0.3) is 0 Å². The Labute approximate surface area is 110 Å². The van der Waals surface area contributed by atoms with Crippen molar-refractivity contribution in [1.29, 1.82) is 0 Å². The number of hydrogen-bond acceptors (Lipinski definition) is 4. The zero-order chi connectivity index (χ0) is 13.0. The van der Waals surface area contributed by atoms with Crippen LogP contribution in [0.2, 0.25) is 0 Å². The molecule has 1 unspecified atom stereocenters. The molecular formula is C14H24N4. The first-order chi connectivity index (χ1) is 8.74. The van der Waals surface area contributed by atoms with Gasteiger partial charge in [-0.2, -0.15) is 0 Å². The molecule has 100 valence electrons. The molecule has 1 aliphatic carbocycles. The molecule has 0 aliphatic heterocycles. The predicted octanol–water partition coefficient (Wildman–Crippen LogP) is 2.50. The molecule has 1 fully saturated rings. The highest BCUT2D eigenvalue weighted by atomic mass is 15.2. The fourth-order valence-electron chi connectivity index (χ4n) is 2.16. The molecule has 4 nitrogen and oxygen atoms in total. The summed E-state index contributed by atoms with van der Waals surface area (Å²) in [5.74, 6) is 1.66. The first-order valence-corrected chi connectivity index (χ1v) is 7.00. The second-order valence-corrected chi connectivity index (χ2v) is 5.12. The summed E-state index contributed by atoms with van der Waals surface area (Å²) in [5.41, 5.74) is 1.20. The summed E-state index contributed by atoms with van der Waals surface area (Å²) < 4.78 is 0. The van der Waals surface area contributed by atoms with E-state index in [9.17, 15) is 0 Å². The molecule has 1 saturated carbocycles. The van der Waals surface area contributed by atoms with Crippen LogP contribution in [0.1, 0.15) is 44.7 Å². The Balaban J connectivity index is 1.90. The van der Waals surface area contributed by atoms with Crippen LogP contribution in [0.5, 0.6) is 0 Å². The molecule has 0 spiro atoms. The van der Waals surface area contributed by atoms with Crippen LogP contribution < -0.4 is 5.32 Å². The van der Waals surface area contributed by atoms with E-state index in [1.54, 1.807) is 6.33 Å².